The van der Waals surface area contributed by atoms with E-state index in [1.165, 1.54) is 42.7 Å². The van der Waals surface area contributed by atoms with Crippen molar-refractivity contribution in [1.29, 1.82) is 0 Å². The van der Waals surface area contributed by atoms with Crippen molar-refractivity contribution in [3.05, 3.63) is 64.9 Å². The van der Waals surface area contributed by atoms with Crippen LogP contribution < -0.4 is 26.1 Å². The molecule has 204 valence electrons. The fraction of sp³-hybridized carbons (Fsp3) is 0.292. The zero-order chi connectivity index (χ0) is 27.9. The van der Waals surface area contributed by atoms with Crippen LogP contribution in [0.4, 0.5) is 24.8 Å². The number of aliphatic hydroxyl groups excluding tert-OH is 1. The summed E-state index contributed by atoms with van der Waals surface area (Å²) in [6, 6.07) is -0.0388. The summed E-state index contributed by atoms with van der Waals surface area (Å²) in [7, 11) is 2.96. The summed E-state index contributed by atoms with van der Waals surface area (Å²) in [5.41, 5.74) is 4.43. The first-order chi connectivity index (χ1) is 18.6. The molecule has 4 heterocycles. The van der Waals surface area contributed by atoms with E-state index in [2.05, 4.69) is 25.3 Å². The van der Waals surface area contributed by atoms with Crippen LogP contribution in [0.3, 0.4) is 0 Å². The molecule has 5 rings (SSSR count). The number of aryl methyl sites for hydroxylation is 1. The number of pyridine rings is 2. The highest BCUT2D eigenvalue weighted by Crippen LogP contribution is 2.38. The summed E-state index contributed by atoms with van der Waals surface area (Å²) in [6.45, 7) is 0. The van der Waals surface area contributed by atoms with Gasteiger partial charge >= 0.3 is 6.18 Å². The van der Waals surface area contributed by atoms with Crippen LogP contribution in [0.15, 0.2) is 48.0 Å². The van der Waals surface area contributed by atoms with Crippen LogP contribution in [0.25, 0.3) is 16.9 Å². The number of hydrogen-bond donors (Lipinski definition) is 3. The second kappa shape index (κ2) is 9.90. The van der Waals surface area contributed by atoms with E-state index in [1.807, 2.05) is 0 Å². The highest BCUT2D eigenvalue weighted by Gasteiger charge is 2.36. The van der Waals surface area contributed by atoms with E-state index in [4.69, 9.17) is 15.2 Å². The van der Waals surface area contributed by atoms with Crippen molar-refractivity contribution in [3.8, 4) is 11.5 Å². The van der Waals surface area contributed by atoms with Gasteiger partial charge in [-0.3, -0.25) is 9.78 Å². The number of aliphatic hydroxyl groups is 1. The van der Waals surface area contributed by atoms with Gasteiger partial charge in [-0.25, -0.2) is 9.97 Å². The van der Waals surface area contributed by atoms with Gasteiger partial charge in [-0.1, -0.05) is 0 Å². The van der Waals surface area contributed by atoms with Crippen LogP contribution in [0.1, 0.15) is 30.1 Å². The minimum atomic E-state index is -4.72. The summed E-state index contributed by atoms with van der Waals surface area (Å²) in [5.74, 6) is 0.548. The molecule has 4 aromatic heterocycles. The van der Waals surface area contributed by atoms with Crippen LogP contribution in [-0.4, -0.2) is 47.4 Å². The molecule has 0 aliphatic heterocycles. The number of alkyl halides is 3. The number of imidazole rings is 1. The Morgan fingerprint density at radius 3 is 2.64 bits per heavy atom. The van der Waals surface area contributed by atoms with Crippen LogP contribution >= 0.6 is 0 Å². The molecule has 12 nitrogen and oxygen atoms in total. The fourth-order valence-electron chi connectivity index (χ4n) is 4.22. The second-order valence-corrected chi connectivity index (χ2v) is 8.74. The van der Waals surface area contributed by atoms with Crippen LogP contribution in [0, 0.1) is 0 Å². The molecule has 1 aliphatic carbocycles. The summed E-state index contributed by atoms with van der Waals surface area (Å²) >= 11 is 0. The molecule has 4 N–H and O–H groups in total. The number of halogens is 3. The highest BCUT2D eigenvalue weighted by atomic mass is 19.4. The number of aromatic nitrogens is 6. The number of nitrogens with one attached hydrogen (secondary N) is 1. The first-order valence-corrected chi connectivity index (χ1v) is 11.7. The van der Waals surface area contributed by atoms with E-state index >= 15 is 0 Å². The van der Waals surface area contributed by atoms with Crippen molar-refractivity contribution >= 4 is 28.6 Å². The quantitative estimate of drug-likeness (QED) is 0.296. The number of methoxy groups -OCH3 is 1. The SMILES string of the molecule is COc1c(O/C(=C/N)c2cnccn2)cnc2nc(Nc3cc(C(F)(F)F)cn(C4CCC4O)c3=O)n(C)c12. The van der Waals surface area contributed by atoms with Gasteiger partial charge in [0.1, 0.15) is 16.9 Å². The summed E-state index contributed by atoms with van der Waals surface area (Å²) < 4.78 is 54.8. The number of anilines is 2. The first-order valence-electron chi connectivity index (χ1n) is 11.7. The Labute approximate surface area is 218 Å². The molecule has 15 heteroatoms. The molecule has 2 atom stereocenters. The molecule has 39 heavy (non-hydrogen) atoms. The highest BCUT2D eigenvalue weighted by molar-refractivity contribution is 5.85. The molecular formula is C24H23F3N8O4. The van der Waals surface area contributed by atoms with Gasteiger partial charge < -0.3 is 34.8 Å². The van der Waals surface area contributed by atoms with Crippen molar-refractivity contribution < 1.29 is 27.8 Å². The smallest absolute Gasteiger partial charge is 0.417 e. The van der Waals surface area contributed by atoms with Gasteiger partial charge in [-0.05, 0) is 18.9 Å². The molecule has 0 radical (unpaired) electrons. The standard InChI is InChI=1S/C24H23F3N8O4/c1-34-19-20(38-2)18(39-17(8-28)14-9-29-5-6-30-14)10-31-21(19)33-23(34)32-13-7-12(24(25,26)27)11-35(22(13)37)15-3-4-16(15)36/h5-11,15-16,36H,3-4,28H2,1-2H3,(H,31,32,33)/b17-8+. The number of ether oxygens (including phenoxy) is 2. The molecule has 4 aromatic rings. The Morgan fingerprint density at radius 2 is 2.05 bits per heavy atom. The number of hydrogen-bond acceptors (Lipinski definition) is 10. The van der Waals surface area contributed by atoms with Gasteiger partial charge in [-0.2, -0.15) is 18.2 Å². The zero-order valence-corrected chi connectivity index (χ0v) is 20.7. The third-order valence-electron chi connectivity index (χ3n) is 6.39. The van der Waals surface area contributed by atoms with Gasteiger partial charge in [0, 0.05) is 31.8 Å². The molecule has 1 aliphatic rings. The third-order valence-corrected chi connectivity index (χ3v) is 6.39. The number of fused-ring (bicyclic) bond motifs is 1. The molecule has 0 amide bonds. The maximum absolute atomic E-state index is 13.7. The average Bonchev–Trinajstić information content (AvgIpc) is 3.23. The van der Waals surface area contributed by atoms with Crippen molar-refractivity contribution in [2.45, 2.75) is 31.2 Å². The van der Waals surface area contributed by atoms with E-state index < -0.39 is 29.4 Å². The molecule has 2 unspecified atom stereocenters. The average molecular weight is 544 g/mol. The van der Waals surface area contributed by atoms with E-state index in [0.717, 1.165) is 10.8 Å². The predicted molar refractivity (Wildman–Crippen MR) is 133 cm³/mol. The van der Waals surface area contributed by atoms with Crippen molar-refractivity contribution in [2.75, 3.05) is 12.4 Å². The third kappa shape index (κ3) is 4.71. The van der Waals surface area contributed by atoms with Crippen LogP contribution in [-0.2, 0) is 13.2 Å². The van der Waals surface area contributed by atoms with Gasteiger partial charge in [0.15, 0.2) is 22.9 Å². The maximum Gasteiger partial charge on any atom is 0.417 e. The minimum absolute atomic E-state index is 0.0219. The van der Waals surface area contributed by atoms with Gasteiger partial charge in [0.05, 0.1) is 37.2 Å². The fourth-order valence-corrected chi connectivity index (χ4v) is 4.22. The Kier molecular flexibility index (Phi) is 6.59. The van der Waals surface area contributed by atoms with E-state index in [9.17, 15) is 23.1 Å². The molecular weight excluding hydrogens is 521 g/mol. The lowest BCUT2D eigenvalue weighted by Crippen LogP contribution is -2.40. The van der Waals surface area contributed by atoms with E-state index in [0.29, 0.717) is 30.1 Å². The Balaban J connectivity index is 1.56. The zero-order valence-electron chi connectivity index (χ0n) is 20.7. The Bertz CT molecular complexity index is 1620. The number of nitrogens with zero attached hydrogens (tertiary/aromatic N) is 6. The summed E-state index contributed by atoms with van der Waals surface area (Å²) in [6.07, 6.45) is 2.82. The second-order valence-electron chi connectivity index (χ2n) is 8.74. The predicted octanol–water partition coefficient (Wildman–Crippen LogP) is 2.72. The number of nitrogens with two attached hydrogens (primary N) is 1. The summed E-state index contributed by atoms with van der Waals surface area (Å²) in [4.78, 5) is 29.9. The minimum Gasteiger partial charge on any atom is -0.491 e. The van der Waals surface area contributed by atoms with E-state index in [1.54, 1.807) is 7.05 Å². The normalized spacial score (nSPS) is 17.6. The Hall–Kier alpha value is -4.66. The Morgan fingerprint density at radius 1 is 1.26 bits per heavy atom. The van der Waals surface area contributed by atoms with Gasteiger partial charge in [-0.15, -0.1) is 0 Å². The lowest BCUT2D eigenvalue weighted by Gasteiger charge is -2.34. The molecule has 0 saturated heterocycles. The van der Waals surface area contributed by atoms with Crippen LogP contribution in [0.2, 0.25) is 0 Å². The van der Waals surface area contributed by atoms with Gasteiger partial charge in [0.25, 0.3) is 5.56 Å². The van der Waals surface area contributed by atoms with Crippen molar-refractivity contribution in [1.82, 2.24) is 29.1 Å². The number of rotatable bonds is 7. The van der Waals surface area contributed by atoms with Crippen molar-refractivity contribution in [3.63, 3.8) is 0 Å². The topological polar surface area (TPSA) is 155 Å². The maximum atomic E-state index is 13.7. The van der Waals surface area contributed by atoms with Crippen LogP contribution in [0.5, 0.6) is 11.5 Å². The molecule has 1 fully saturated rings. The lowest BCUT2D eigenvalue weighted by molar-refractivity contribution is -0.138. The van der Waals surface area contributed by atoms with E-state index in [-0.39, 0.29) is 34.5 Å². The monoisotopic (exact) mass is 544 g/mol. The van der Waals surface area contributed by atoms with Gasteiger partial charge in [0.2, 0.25) is 5.95 Å². The lowest BCUT2D eigenvalue weighted by atomic mass is 9.89. The molecule has 0 aromatic carbocycles. The first kappa shape index (κ1) is 26.0. The summed E-state index contributed by atoms with van der Waals surface area (Å²) in [5, 5.41) is 12.7. The molecule has 1 saturated carbocycles. The molecule has 0 spiro atoms. The molecule has 0 bridgehead atoms. The van der Waals surface area contributed by atoms with Crippen molar-refractivity contribution in [2.24, 2.45) is 12.8 Å². The largest absolute Gasteiger partial charge is 0.491 e.